The predicted molar refractivity (Wildman–Crippen MR) is 109 cm³/mol. The van der Waals surface area contributed by atoms with Gasteiger partial charge in [0.15, 0.2) is 0 Å². The zero-order valence-corrected chi connectivity index (χ0v) is 17.3. The highest BCUT2D eigenvalue weighted by Crippen LogP contribution is 2.44. The molecule has 1 fully saturated rings. The van der Waals surface area contributed by atoms with Crippen molar-refractivity contribution in [2.45, 2.75) is 18.6 Å². The van der Waals surface area contributed by atoms with E-state index in [1.54, 1.807) is 0 Å². The van der Waals surface area contributed by atoms with Crippen LogP contribution in [0.3, 0.4) is 0 Å². The molecule has 2 atom stereocenters. The average Bonchev–Trinajstić information content (AvgIpc) is 2.71. The first kappa shape index (κ1) is 21.6. The van der Waals surface area contributed by atoms with Crippen molar-refractivity contribution in [2.24, 2.45) is 0 Å². The number of aliphatic hydroxyl groups is 1. The van der Waals surface area contributed by atoms with E-state index in [0.29, 0.717) is 31.1 Å². The fraction of sp³-hybridized carbons (Fsp3) is 0.368. The minimum absolute atomic E-state index is 0.0255. The van der Waals surface area contributed by atoms with Crippen LogP contribution in [-0.2, 0) is 4.74 Å². The normalized spacial score (nSPS) is 19.7. The van der Waals surface area contributed by atoms with Gasteiger partial charge in [-0.2, -0.15) is 0 Å². The lowest BCUT2D eigenvalue weighted by atomic mass is 10.1. The van der Waals surface area contributed by atoms with Crippen molar-refractivity contribution in [1.29, 1.82) is 0 Å². The first-order valence-corrected chi connectivity index (χ1v) is 9.52. The van der Waals surface area contributed by atoms with Gasteiger partial charge in [0, 0.05) is 30.6 Å². The summed E-state index contributed by atoms with van der Waals surface area (Å²) in [6, 6.07) is 1.18. The topological polar surface area (TPSA) is 85.7 Å². The molecular formula is C19H20Cl2FN3O4. The van der Waals surface area contributed by atoms with Crippen LogP contribution in [0.1, 0.15) is 17.5 Å². The minimum atomic E-state index is -0.697. The van der Waals surface area contributed by atoms with Crippen LogP contribution < -0.4 is 14.8 Å². The van der Waals surface area contributed by atoms with Gasteiger partial charge in [-0.3, -0.25) is 0 Å². The van der Waals surface area contributed by atoms with Crippen molar-refractivity contribution >= 4 is 41.1 Å². The lowest BCUT2D eigenvalue weighted by Gasteiger charge is -2.28. The maximum atomic E-state index is 15.0. The van der Waals surface area contributed by atoms with E-state index >= 15 is 0 Å². The molecule has 0 saturated carbocycles. The molecule has 2 aromatic rings. The zero-order valence-electron chi connectivity index (χ0n) is 15.8. The molecule has 156 valence electrons. The summed E-state index contributed by atoms with van der Waals surface area (Å²) in [6.45, 7) is 0.874. The van der Waals surface area contributed by atoms with Gasteiger partial charge in [0.2, 0.25) is 5.95 Å². The molecule has 0 bridgehead atoms. The number of nitrogens with zero attached hydrogens (tertiary/aromatic N) is 2. The van der Waals surface area contributed by atoms with Gasteiger partial charge < -0.3 is 24.6 Å². The third-order valence-electron chi connectivity index (χ3n) is 4.41. The molecule has 2 N–H and O–H groups in total. The summed E-state index contributed by atoms with van der Waals surface area (Å²) in [5.41, 5.74) is 0.344. The molecule has 0 unspecified atom stereocenters. The number of rotatable bonds is 6. The van der Waals surface area contributed by atoms with Gasteiger partial charge in [-0.05, 0) is 12.5 Å². The van der Waals surface area contributed by atoms with E-state index in [1.807, 2.05) is 0 Å². The maximum Gasteiger partial charge on any atom is 0.223 e. The van der Waals surface area contributed by atoms with Gasteiger partial charge in [-0.25, -0.2) is 14.4 Å². The van der Waals surface area contributed by atoms with Crippen molar-refractivity contribution in [3.63, 3.8) is 0 Å². The average molecular weight is 444 g/mol. The van der Waals surface area contributed by atoms with Gasteiger partial charge in [0.1, 0.15) is 17.3 Å². The summed E-state index contributed by atoms with van der Waals surface area (Å²) in [7, 11) is 2.82. The number of aromatic nitrogens is 2. The number of ether oxygens (including phenoxy) is 3. The molecule has 1 aromatic heterocycles. The third-order valence-corrected chi connectivity index (χ3v) is 5.16. The quantitative estimate of drug-likeness (QED) is 0.701. The van der Waals surface area contributed by atoms with Crippen molar-refractivity contribution < 1.29 is 23.7 Å². The van der Waals surface area contributed by atoms with E-state index < -0.39 is 11.9 Å². The first-order valence-electron chi connectivity index (χ1n) is 8.76. The number of methoxy groups -OCH3 is 2. The van der Waals surface area contributed by atoms with Crippen molar-refractivity contribution in [3.05, 3.63) is 39.6 Å². The second kappa shape index (κ2) is 9.58. The molecule has 2 heterocycles. The standard InChI is InChI=1S/C19H20Cl2FN3O4/c1-27-14-6-15(28-2)18(21)16(17(14)20)11(22)5-10-7-23-19(24-8-10)25-12-9-29-4-3-13(12)26/h5-8,12-13,26H,3-4,9H2,1-2H3,(H,23,24,25)/b11-5-/t12-,13-/m0/s1. The Kier molecular flexibility index (Phi) is 7.13. The fourth-order valence-corrected chi connectivity index (χ4v) is 3.51. The Hall–Kier alpha value is -2.13. The van der Waals surface area contributed by atoms with E-state index in [2.05, 4.69) is 15.3 Å². The number of halogens is 3. The summed E-state index contributed by atoms with van der Waals surface area (Å²) in [4.78, 5) is 8.30. The summed E-state index contributed by atoms with van der Waals surface area (Å²) < 4.78 is 30.6. The van der Waals surface area contributed by atoms with Crippen LogP contribution in [0, 0.1) is 0 Å². The van der Waals surface area contributed by atoms with Crippen LogP contribution in [0.5, 0.6) is 11.5 Å². The van der Waals surface area contributed by atoms with Gasteiger partial charge in [0.05, 0.1) is 48.6 Å². The Balaban J connectivity index is 1.83. The molecule has 1 aliphatic heterocycles. The monoisotopic (exact) mass is 443 g/mol. The molecule has 0 radical (unpaired) electrons. The molecule has 0 amide bonds. The van der Waals surface area contributed by atoms with Gasteiger partial charge in [0.25, 0.3) is 0 Å². The van der Waals surface area contributed by atoms with E-state index in [4.69, 9.17) is 37.4 Å². The Bertz CT molecular complexity index is 868. The van der Waals surface area contributed by atoms with Crippen LogP contribution >= 0.6 is 23.2 Å². The summed E-state index contributed by atoms with van der Waals surface area (Å²) in [6.07, 6.45) is 4.06. The van der Waals surface area contributed by atoms with Crippen LogP contribution in [0.15, 0.2) is 18.5 Å². The highest BCUT2D eigenvalue weighted by atomic mass is 35.5. The minimum Gasteiger partial charge on any atom is -0.495 e. The molecule has 1 aliphatic rings. The highest BCUT2D eigenvalue weighted by Gasteiger charge is 2.24. The SMILES string of the molecule is COc1cc(OC)c(Cl)c(/C(F)=C/c2cnc(N[C@H]3COCC[C@@H]3O)nc2)c1Cl. The van der Waals surface area contributed by atoms with Crippen molar-refractivity contribution in [2.75, 3.05) is 32.8 Å². The summed E-state index contributed by atoms with van der Waals surface area (Å²) >= 11 is 12.5. The smallest absolute Gasteiger partial charge is 0.223 e. The molecule has 0 spiro atoms. The molecule has 3 rings (SSSR count). The lowest BCUT2D eigenvalue weighted by Crippen LogP contribution is -2.42. The van der Waals surface area contributed by atoms with Gasteiger partial charge in [-0.1, -0.05) is 23.2 Å². The Morgan fingerprint density at radius 2 is 1.86 bits per heavy atom. The molecule has 0 aliphatic carbocycles. The largest absolute Gasteiger partial charge is 0.495 e. The van der Waals surface area contributed by atoms with E-state index in [1.165, 1.54) is 38.8 Å². The van der Waals surface area contributed by atoms with Crippen LogP contribution in [-0.4, -0.2) is 54.7 Å². The van der Waals surface area contributed by atoms with Crippen molar-refractivity contribution in [1.82, 2.24) is 9.97 Å². The summed E-state index contributed by atoms with van der Waals surface area (Å²) in [5, 5.41) is 13.0. The van der Waals surface area contributed by atoms with Gasteiger partial charge >= 0.3 is 0 Å². The number of aliphatic hydroxyl groups excluding tert-OH is 1. The van der Waals surface area contributed by atoms with E-state index in [0.717, 1.165) is 0 Å². The van der Waals surface area contributed by atoms with Crippen molar-refractivity contribution in [3.8, 4) is 11.5 Å². The zero-order chi connectivity index (χ0) is 21.0. The third kappa shape index (κ3) is 4.90. The van der Waals surface area contributed by atoms with Crippen LogP contribution in [0.2, 0.25) is 10.0 Å². The van der Waals surface area contributed by atoms with Crippen LogP contribution in [0.25, 0.3) is 11.9 Å². The highest BCUT2D eigenvalue weighted by molar-refractivity contribution is 6.39. The Morgan fingerprint density at radius 1 is 1.24 bits per heavy atom. The number of anilines is 1. The number of hydrogen-bond donors (Lipinski definition) is 2. The molecule has 7 nitrogen and oxygen atoms in total. The fourth-order valence-electron chi connectivity index (χ4n) is 2.83. The Morgan fingerprint density at radius 3 is 2.41 bits per heavy atom. The number of nitrogens with one attached hydrogen (secondary N) is 1. The second-order valence-corrected chi connectivity index (χ2v) is 7.05. The molecule has 29 heavy (non-hydrogen) atoms. The molecule has 10 heteroatoms. The summed E-state index contributed by atoms with van der Waals surface area (Å²) in [5.74, 6) is 0.0693. The predicted octanol–water partition coefficient (Wildman–Crippen LogP) is 3.83. The Labute approximate surface area is 177 Å². The number of hydrogen-bond acceptors (Lipinski definition) is 7. The molecule has 1 aromatic carbocycles. The molecular weight excluding hydrogens is 424 g/mol. The lowest BCUT2D eigenvalue weighted by molar-refractivity contribution is 0.00293. The van der Waals surface area contributed by atoms with Gasteiger partial charge in [-0.15, -0.1) is 0 Å². The maximum absolute atomic E-state index is 15.0. The number of benzene rings is 1. The van der Waals surface area contributed by atoms with Crippen LogP contribution in [0.4, 0.5) is 10.3 Å². The molecule has 1 saturated heterocycles. The first-order chi connectivity index (χ1) is 13.9. The second-order valence-electron chi connectivity index (χ2n) is 6.30. The van der Waals surface area contributed by atoms with E-state index in [9.17, 15) is 9.50 Å². The van der Waals surface area contributed by atoms with E-state index in [-0.39, 0.29) is 33.1 Å².